The lowest BCUT2D eigenvalue weighted by Gasteiger charge is -2.19. The molecule has 0 radical (unpaired) electrons. The molecule has 0 heterocycles. The molecule has 1 N–H and O–H groups in total. The zero-order chi connectivity index (χ0) is 15.4. The van der Waals surface area contributed by atoms with Crippen molar-refractivity contribution in [2.75, 3.05) is 12.8 Å². The summed E-state index contributed by atoms with van der Waals surface area (Å²) in [5, 5.41) is 3.27. The van der Waals surface area contributed by atoms with Gasteiger partial charge in [-0.1, -0.05) is 36.7 Å². The molecule has 21 heavy (non-hydrogen) atoms. The molecule has 0 bridgehead atoms. The zero-order valence-corrected chi connectivity index (χ0v) is 14.9. The number of hydrogen-bond acceptors (Lipinski definition) is 2. The smallest absolute Gasteiger partial charge is 0.148 e. The lowest BCUT2D eigenvalue weighted by molar-refractivity contribution is 0.575. The molecule has 0 fully saturated rings. The normalized spacial score (nSPS) is 12.4. The number of hydrogen-bond donors (Lipinski definition) is 1. The van der Waals surface area contributed by atoms with Gasteiger partial charge in [0.1, 0.15) is 5.82 Å². The Labute approximate surface area is 142 Å². The van der Waals surface area contributed by atoms with Crippen LogP contribution in [-0.4, -0.2) is 12.8 Å². The molecule has 112 valence electrons. The van der Waals surface area contributed by atoms with Crippen molar-refractivity contribution >= 4 is 39.3 Å². The molecule has 2 aromatic rings. The quantitative estimate of drug-likeness (QED) is 0.524. The van der Waals surface area contributed by atoms with Crippen molar-refractivity contribution in [2.45, 2.75) is 17.9 Å². The van der Waals surface area contributed by atoms with E-state index in [9.17, 15) is 4.39 Å². The van der Waals surface area contributed by atoms with Gasteiger partial charge < -0.3 is 5.32 Å². The van der Waals surface area contributed by atoms with Gasteiger partial charge in [0.05, 0.1) is 11.1 Å². The van der Waals surface area contributed by atoms with Crippen LogP contribution < -0.4 is 5.32 Å². The molecule has 2 rings (SSSR count). The van der Waals surface area contributed by atoms with E-state index in [4.69, 9.17) is 11.6 Å². The predicted molar refractivity (Wildman–Crippen MR) is 92.9 cm³/mol. The average Bonchev–Trinajstić information content (AvgIpc) is 2.50. The fourth-order valence-corrected chi connectivity index (χ4v) is 3.33. The van der Waals surface area contributed by atoms with Crippen molar-refractivity contribution < 1.29 is 4.39 Å². The van der Waals surface area contributed by atoms with E-state index < -0.39 is 5.82 Å². The van der Waals surface area contributed by atoms with E-state index in [-0.39, 0.29) is 11.1 Å². The Morgan fingerprint density at radius 2 is 1.90 bits per heavy atom. The van der Waals surface area contributed by atoms with E-state index in [1.54, 1.807) is 23.9 Å². The Morgan fingerprint density at radius 3 is 2.48 bits per heavy atom. The van der Waals surface area contributed by atoms with Crippen molar-refractivity contribution in [1.29, 1.82) is 0 Å². The van der Waals surface area contributed by atoms with Crippen molar-refractivity contribution in [2.24, 2.45) is 0 Å². The minimum Gasteiger partial charge on any atom is -0.309 e. The van der Waals surface area contributed by atoms with E-state index in [0.29, 0.717) is 10.0 Å². The van der Waals surface area contributed by atoms with Gasteiger partial charge in [-0.3, -0.25) is 0 Å². The molecule has 0 amide bonds. The number of nitrogens with one attached hydrogen (secondary N) is 1. The molecule has 0 aromatic heterocycles. The zero-order valence-electron chi connectivity index (χ0n) is 11.8. The molecule has 0 spiro atoms. The molecule has 0 saturated heterocycles. The third kappa shape index (κ3) is 3.81. The summed E-state index contributed by atoms with van der Waals surface area (Å²) >= 11 is 11.0. The highest BCUT2D eigenvalue weighted by Crippen LogP contribution is 2.33. The van der Waals surface area contributed by atoms with Crippen LogP contribution in [0.4, 0.5) is 4.39 Å². The summed E-state index contributed by atoms with van der Waals surface area (Å²) in [6.45, 7) is 2.12. The second-order valence-electron chi connectivity index (χ2n) is 4.49. The first-order chi connectivity index (χ1) is 10.1. The summed E-state index contributed by atoms with van der Waals surface area (Å²) in [6.07, 6.45) is 0. The largest absolute Gasteiger partial charge is 0.309 e. The van der Waals surface area contributed by atoms with Crippen molar-refractivity contribution in [3.63, 3.8) is 0 Å². The van der Waals surface area contributed by atoms with Crippen LogP contribution in [0.15, 0.2) is 45.8 Å². The van der Waals surface area contributed by atoms with Gasteiger partial charge in [-0.2, -0.15) is 0 Å². The third-order valence-corrected chi connectivity index (χ3v) is 5.34. The van der Waals surface area contributed by atoms with Gasteiger partial charge >= 0.3 is 0 Å². The minimum absolute atomic E-state index is 0.117. The highest BCUT2D eigenvalue weighted by molar-refractivity contribution is 9.10. The summed E-state index contributed by atoms with van der Waals surface area (Å²) in [4.78, 5) is 1.21. The van der Waals surface area contributed by atoms with Gasteiger partial charge in [-0.05, 0) is 52.5 Å². The van der Waals surface area contributed by atoms with Crippen LogP contribution in [0.3, 0.4) is 0 Å². The van der Waals surface area contributed by atoms with Crippen LogP contribution in [-0.2, 0) is 0 Å². The van der Waals surface area contributed by atoms with Crippen LogP contribution in [0.25, 0.3) is 0 Å². The summed E-state index contributed by atoms with van der Waals surface area (Å²) in [5.41, 5.74) is 1.55. The highest BCUT2D eigenvalue weighted by atomic mass is 79.9. The topological polar surface area (TPSA) is 12.0 Å². The monoisotopic (exact) mass is 387 g/mol. The van der Waals surface area contributed by atoms with E-state index >= 15 is 0 Å². The van der Waals surface area contributed by atoms with E-state index in [0.717, 1.165) is 11.3 Å². The molecule has 0 aliphatic rings. The first kappa shape index (κ1) is 16.8. The standard InChI is InChI=1S/C16H16BrClFNS/c1-3-21-11-6-4-10(5-7-11)16(20-2)12-8-9-13(17)14(18)15(12)19/h4-9,16,20H,3H2,1-2H3. The van der Waals surface area contributed by atoms with Crippen molar-refractivity contribution in [3.8, 4) is 0 Å². The molecular formula is C16H16BrClFNS. The highest BCUT2D eigenvalue weighted by Gasteiger charge is 2.19. The van der Waals surface area contributed by atoms with Crippen LogP contribution in [0.1, 0.15) is 24.1 Å². The minimum atomic E-state index is -0.391. The Kier molecular flexibility index (Phi) is 6.11. The Morgan fingerprint density at radius 1 is 1.24 bits per heavy atom. The SMILES string of the molecule is CCSc1ccc(C(NC)c2ccc(Br)c(Cl)c2F)cc1. The maximum absolute atomic E-state index is 14.4. The maximum atomic E-state index is 14.4. The summed E-state index contributed by atoms with van der Waals surface area (Å²) in [6, 6.07) is 11.5. The van der Waals surface area contributed by atoms with Crippen LogP contribution in [0.5, 0.6) is 0 Å². The summed E-state index contributed by atoms with van der Waals surface area (Å²) in [5.74, 6) is 0.642. The molecule has 0 aliphatic heterocycles. The molecular weight excluding hydrogens is 373 g/mol. The first-order valence-electron chi connectivity index (χ1n) is 6.61. The van der Waals surface area contributed by atoms with Crippen molar-refractivity contribution in [3.05, 3.63) is 62.8 Å². The van der Waals surface area contributed by atoms with Gasteiger partial charge in [-0.25, -0.2) is 4.39 Å². The van der Waals surface area contributed by atoms with Gasteiger partial charge in [0.25, 0.3) is 0 Å². The van der Waals surface area contributed by atoms with Gasteiger partial charge in [0.15, 0.2) is 0 Å². The van der Waals surface area contributed by atoms with Gasteiger partial charge in [0.2, 0.25) is 0 Å². The average molecular weight is 389 g/mol. The van der Waals surface area contributed by atoms with E-state index in [1.165, 1.54) is 4.90 Å². The third-order valence-electron chi connectivity index (χ3n) is 3.19. The Bertz CT molecular complexity index is 618. The Balaban J connectivity index is 2.37. The fourth-order valence-electron chi connectivity index (χ4n) is 2.19. The first-order valence-corrected chi connectivity index (χ1v) is 8.77. The van der Waals surface area contributed by atoms with Crippen LogP contribution in [0, 0.1) is 5.82 Å². The maximum Gasteiger partial charge on any atom is 0.148 e. The molecule has 0 aliphatic carbocycles. The molecule has 5 heteroatoms. The van der Waals surface area contributed by atoms with Gasteiger partial charge in [0, 0.05) is 14.9 Å². The predicted octanol–water partition coefficient (Wildman–Crippen LogP) is 5.66. The van der Waals surface area contributed by atoms with E-state index in [2.05, 4.69) is 40.3 Å². The molecule has 2 aromatic carbocycles. The molecule has 1 atom stereocenters. The number of benzene rings is 2. The molecule has 1 unspecified atom stereocenters. The second kappa shape index (κ2) is 7.63. The molecule has 0 saturated carbocycles. The number of rotatable bonds is 5. The van der Waals surface area contributed by atoms with Gasteiger partial charge in [-0.15, -0.1) is 11.8 Å². The van der Waals surface area contributed by atoms with Crippen molar-refractivity contribution in [1.82, 2.24) is 5.32 Å². The fraction of sp³-hybridized carbons (Fsp3) is 0.250. The van der Waals surface area contributed by atoms with E-state index in [1.807, 2.05) is 19.2 Å². The number of thioether (sulfide) groups is 1. The second-order valence-corrected chi connectivity index (χ2v) is 7.06. The molecule has 1 nitrogen and oxygen atoms in total. The lowest BCUT2D eigenvalue weighted by atomic mass is 9.98. The number of halogens is 3. The Hall–Kier alpha value is -0.550. The summed E-state index contributed by atoms with van der Waals surface area (Å²) in [7, 11) is 1.81. The lowest BCUT2D eigenvalue weighted by Crippen LogP contribution is -2.19. The van der Waals surface area contributed by atoms with Crippen LogP contribution in [0.2, 0.25) is 5.02 Å². The summed E-state index contributed by atoms with van der Waals surface area (Å²) < 4.78 is 14.9. The van der Waals surface area contributed by atoms with Crippen LogP contribution >= 0.6 is 39.3 Å².